The predicted octanol–water partition coefficient (Wildman–Crippen LogP) is 5.57. The normalized spacial score (nSPS) is 10.8. The number of nitrogens with zero attached hydrogens (tertiary/aromatic N) is 2. The number of hydrogen-bond donors (Lipinski definition) is 1. The third-order valence-electron chi connectivity index (χ3n) is 5.30. The van der Waals surface area contributed by atoms with Crippen molar-refractivity contribution < 1.29 is 13.9 Å². The van der Waals surface area contributed by atoms with Gasteiger partial charge in [0.05, 0.1) is 5.69 Å². The first-order chi connectivity index (χ1) is 15.4. The highest BCUT2D eigenvalue weighted by Gasteiger charge is 2.14. The van der Waals surface area contributed by atoms with Gasteiger partial charge in [-0.15, -0.1) is 0 Å². The van der Waals surface area contributed by atoms with E-state index >= 15 is 0 Å². The zero-order valence-corrected chi connectivity index (χ0v) is 18.2. The summed E-state index contributed by atoms with van der Waals surface area (Å²) in [5, 5.41) is 2.85. The number of ether oxygens (including phenoxy) is 1. The highest BCUT2D eigenvalue weighted by atomic mass is 19.1. The van der Waals surface area contributed by atoms with E-state index in [1.165, 1.54) is 6.07 Å². The van der Waals surface area contributed by atoms with E-state index < -0.39 is 0 Å². The molecule has 0 saturated heterocycles. The molecule has 0 aliphatic heterocycles. The average molecular weight is 429 g/mol. The smallest absolute Gasteiger partial charge is 0.251 e. The first kappa shape index (κ1) is 21.3. The number of rotatable bonds is 6. The Morgan fingerprint density at radius 1 is 1.12 bits per heavy atom. The molecule has 2 heterocycles. The lowest BCUT2D eigenvalue weighted by molar-refractivity contribution is 0.0950. The van der Waals surface area contributed by atoms with Crippen LogP contribution in [0, 0.1) is 19.7 Å². The van der Waals surface area contributed by atoms with Gasteiger partial charge in [0.25, 0.3) is 5.91 Å². The van der Waals surface area contributed by atoms with Gasteiger partial charge in [0.1, 0.15) is 17.3 Å². The first-order valence-corrected chi connectivity index (χ1v) is 10.3. The summed E-state index contributed by atoms with van der Waals surface area (Å²) in [6.07, 6.45) is 5.65. The molecule has 1 amide bonds. The summed E-state index contributed by atoms with van der Waals surface area (Å²) in [4.78, 5) is 17.2. The van der Waals surface area contributed by atoms with Crippen molar-refractivity contribution in [1.82, 2.24) is 14.9 Å². The number of hydrogen-bond acceptors (Lipinski definition) is 3. The maximum Gasteiger partial charge on any atom is 0.251 e. The van der Waals surface area contributed by atoms with Gasteiger partial charge in [-0.1, -0.05) is 18.2 Å². The van der Waals surface area contributed by atoms with Gasteiger partial charge in [-0.05, 0) is 55.3 Å². The van der Waals surface area contributed by atoms with E-state index in [2.05, 4.69) is 10.3 Å². The van der Waals surface area contributed by atoms with Gasteiger partial charge in [-0.2, -0.15) is 0 Å². The molecule has 0 spiro atoms. The molecule has 5 nitrogen and oxygen atoms in total. The van der Waals surface area contributed by atoms with Crippen LogP contribution in [0.1, 0.15) is 27.0 Å². The molecule has 1 N–H and O–H groups in total. The number of halogens is 1. The minimum absolute atomic E-state index is 0.241. The number of pyridine rings is 1. The molecule has 0 atom stereocenters. The lowest BCUT2D eigenvalue weighted by atomic mass is 10.1. The molecule has 2 aromatic carbocycles. The van der Waals surface area contributed by atoms with Gasteiger partial charge in [0.15, 0.2) is 0 Å². The third kappa shape index (κ3) is 4.70. The van der Waals surface area contributed by atoms with E-state index in [1.807, 2.05) is 49.1 Å². The predicted molar refractivity (Wildman–Crippen MR) is 122 cm³/mol. The zero-order valence-electron chi connectivity index (χ0n) is 18.2. The van der Waals surface area contributed by atoms with Crippen LogP contribution in [0.25, 0.3) is 11.3 Å². The molecule has 162 valence electrons. The molecule has 0 aliphatic rings. The maximum absolute atomic E-state index is 13.8. The van der Waals surface area contributed by atoms with Crippen molar-refractivity contribution in [2.45, 2.75) is 20.4 Å². The largest absolute Gasteiger partial charge is 0.457 e. The molecule has 4 rings (SSSR count). The molecular weight excluding hydrogens is 405 g/mol. The van der Waals surface area contributed by atoms with E-state index in [-0.39, 0.29) is 18.3 Å². The molecule has 4 aromatic rings. The molecule has 2 aromatic heterocycles. The van der Waals surface area contributed by atoms with E-state index in [1.54, 1.807) is 43.5 Å². The summed E-state index contributed by atoms with van der Waals surface area (Å²) in [5.74, 6) is 0.697. The highest BCUT2D eigenvalue weighted by Crippen LogP contribution is 2.29. The average Bonchev–Trinajstić information content (AvgIpc) is 3.22. The molecule has 0 saturated carbocycles. The number of benzene rings is 2. The molecule has 0 bridgehead atoms. The monoisotopic (exact) mass is 429 g/mol. The Hall–Kier alpha value is -3.93. The SMILES string of the molecule is Cc1ccc(CNC(=O)c2cccc(Oc3ccnc(-c4ccn(C)c4)c3)c2C)cc1F. The summed E-state index contributed by atoms with van der Waals surface area (Å²) >= 11 is 0. The number of aromatic nitrogens is 2. The fourth-order valence-electron chi connectivity index (χ4n) is 3.41. The molecule has 0 fully saturated rings. The van der Waals surface area contributed by atoms with Crippen LogP contribution in [0.5, 0.6) is 11.5 Å². The Labute approximate surface area is 186 Å². The number of carbonyl (C=O) groups excluding carboxylic acids is 1. The minimum atomic E-state index is -0.282. The zero-order chi connectivity index (χ0) is 22.7. The topological polar surface area (TPSA) is 56.1 Å². The highest BCUT2D eigenvalue weighted by molar-refractivity contribution is 5.96. The van der Waals surface area contributed by atoms with Crippen LogP contribution in [0.2, 0.25) is 0 Å². The van der Waals surface area contributed by atoms with Crippen molar-refractivity contribution in [3.63, 3.8) is 0 Å². The van der Waals surface area contributed by atoms with Gasteiger partial charge in [0.2, 0.25) is 0 Å². The molecule has 6 heteroatoms. The minimum Gasteiger partial charge on any atom is -0.457 e. The Morgan fingerprint density at radius 3 is 2.72 bits per heavy atom. The second kappa shape index (κ2) is 9.06. The fraction of sp³-hybridized carbons (Fsp3) is 0.154. The van der Waals surface area contributed by atoms with Gasteiger partial charge in [-0.3, -0.25) is 9.78 Å². The van der Waals surface area contributed by atoms with Gasteiger partial charge < -0.3 is 14.6 Å². The number of nitrogens with one attached hydrogen (secondary N) is 1. The first-order valence-electron chi connectivity index (χ1n) is 10.3. The van der Waals surface area contributed by atoms with Crippen LogP contribution in [-0.4, -0.2) is 15.5 Å². The second-order valence-corrected chi connectivity index (χ2v) is 7.74. The lowest BCUT2D eigenvalue weighted by Gasteiger charge is -2.13. The number of carbonyl (C=O) groups is 1. The van der Waals surface area contributed by atoms with Crippen molar-refractivity contribution in [3.05, 3.63) is 101 Å². The standard InChI is InChI=1S/C26H24FN3O2/c1-17-7-8-19(13-23(17)27)15-29-26(31)22-5-4-6-25(18(22)2)32-21-9-11-28-24(14-21)20-10-12-30(3)16-20/h4-14,16H,15H2,1-3H3,(H,29,31). The van der Waals surface area contributed by atoms with E-state index in [9.17, 15) is 9.18 Å². The summed E-state index contributed by atoms with van der Waals surface area (Å²) in [6.45, 7) is 3.79. The number of amides is 1. The van der Waals surface area contributed by atoms with E-state index in [0.29, 0.717) is 28.2 Å². The summed E-state index contributed by atoms with van der Waals surface area (Å²) in [6, 6.07) is 15.9. The third-order valence-corrected chi connectivity index (χ3v) is 5.30. The van der Waals surface area contributed by atoms with Gasteiger partial charge >= 0.3 is 0 Å². The van der Waals surface area contributed by atoms with Crippen molar-refractivity contribution in [3.8, 4) is 22.8 Å². The van der Waals surface area contributed by atoms with Crippen LogP contribution < -0.4 is 10.1 Å². The maximum atomic E-state index is 13.8. The van der Waals surface area contributed by atoms with Gasteiger partial charge in [-0.25, -0.2) is 4.39 Å². The van der Waals surface area contributed by atoms with Gasteiger partial charge in [0, 0.05) is 54.9 Å². The Bertz CT molecular complexity index is 1280. The molecule has 32 heavy (non-hydrogen) atoms. The molecular formula is C26H24FN3O2. The quantitative estimate of drug-likeness (QED) is 0.436. The van der Waals surface area contributed by atoms with E-state index in [0.717, 1.165) is 16.8 Å². The molecule has 0 aliphatic carbocycles. The molecule has 0 radical (unpaired) electrons. The summed E-state index contributed by atoms with van der Waals surface area (Å²) < 4.78 is 21.8. The Morgan fingerprint density at radius 2 is 1.97 bits per heavy atom. The van der Waals surface area contributed by atoms with Crippen molar-refractivity contribution in [1.29, 1.82) is 0 Å². The van der Waals surface area contributed by atoms with Crippen molar-refractivity contribution >= 4 is 5.91 Å². The van der Waals surface area contributed by atoms with E-state index in [4.69, 9.17) is 4.74 Å². The fourth-order valence-corrected chi connectivity index (χ4v) is 3.41. The molecule has 0 unspecified atom stereocenters. The summed E-state index contributed by atoms with van der Waals surface area (Å²) in [7, 11) is 1.96. The lowest BCUT2D eigenvalue weighted by Crippen LogP contribution is -2.23. The Kier molecular flexibility index (Phi) is 6.03. The van der Waals surface area contributed by atoms with Crippen LogP contribution in [0.15, 0.2) is 73.2 Å². The second-order valence-electron chi connectivity index (χ2n) is 7.74. The summed E-state index contributed by atoms with van der Waals surface area (Å²) in [5.41, 5.74) is 4.31. The van der Waals surface area contributed by atoms with Crippen molar-refractivity contribution in [2.24, 2.45) is 7.05 Å². The van der Waals surface area contributed by atoms with Crippen molar-refractivity contribution in [2.75, 3.05) is 0 Å². The van der Waals surface area contributed by atoms with Crippen LogP contribution in [0.4, 0.5) is 4.39 Å². The van der Waals surface area contributed by atoms with Crippen LogP contribution >= 0.6 is 0 Å². The van der Waals surface area contributed by atoms with Crippen LogP contribution in [-0.2, 0) is 13.6 Å². The number of aryl methyl sites for hydroxylation is 2. The van der Waals surface area contributed by atoms with Crippen LogP contribution in [0.3, 0.4) is 0 Å². The Balaban J connectivity index is 1.50.